The maximum atomic E-state index is 13.5. The Morgan fingerprint density at radius 2 is 1.75 bits per heavy atom. The molecule has 1 fully saturated rings. The van der Waals surface area contributed by atoms with Crippen molar-refractivity contribution in [2.45, 2.75) is 58.1 Å². The molecule has 1 aliphatic rings. The van der Waals surface area contributed by atoms with Gasteiger partial charge in [-0.05, 0) is 69.9 Å². The van der Waals surface area contributed by atoms with Crippen molar-refractivity contribution in [2.75, 3.05) is 13.7 Å². The van der Waals surface area contributed by atoms with Gasteiger partial charge in [0.15, 0.2) is 5.78 Å². The highest BCUT2D eigenvalue weighted by atomic mass is 32.2. The smallest absolute Gasteiger partial charge is 0.324 e. The van der Waals surface area contributed by atoms with Crippen LogP contribution in [0.1, 0.15) is 52.4 Å². The lowest BCUT2D eigenvalue weighted by molar-refractivity contribution is -0.148. The van der Waals surface area contributed by atoms with Gasteiger partial charge in [-0.15, -0.1) is 0 Å². The molecule has 1 heterocycles. The van der Waals surface area contributed by atoms with Crippen molar-refractivity contribution in [1.29, 1.82) is 0 Å². The van der Waals surface area contributed by atoms with Gasteiger partial charge in [-0.2, -0.15) is 4.31 Å². The number of sulfonamides is 1. The highest BCUT2D eigenvalue weighted by molar-refractivity contribution is 7.89. The van der Waals surface area contributed by atoms with Gasteiger partial charge in [0.1, 0.15) is 18.4 Å². The van der Waals surface area contributed by atoms with Crippen molar-refractivity contribution >= 4 is 21.8 Å². The van der Waals surface area contributed by atoms with Gasteiger partial charge in [0.25, 0.3) is 0 Å². The number of Topliss-reactive ketones (excluding diaryl/α,β-unsaturated/α-hetero) is 1. The zero-order valence-corrected chi connectivity index (χ0v) is 19.9. The number of hydrogen-bond acceptors (Lipinski definition) is 6. The maximum absolute atomic E-state index is 13.5. The third kappa shape index (κ3) is 4.71. The monoisotopic (exact) mass is 459 g/mol. The summed E-state index contributed by atoms with van der Waals surface area (Å²) in [7, 11) is -2.37. The number of ketones is 1. The number of aryl methyl sites for hydroxylation is 3. The summed E-state index contributed by atoms with van der Waals surface area (Å²) in [4.78, 5) is 24.8. The number of carbonyl (C=O) groups excluding carboxylic acids is 2. The van der Waals surface area contributed by atoms with E-state index in [4.69, 9.17) is 9.47 Å². The second kappa shape index (κ2) is 9.42. The first-order chi connectivity index (χ1) is 15.1. The molecule has 172 valence electrons. The Labute approximate surface area is 189 Å². The van der Waals surface area contributed by atoms with Gasteiger partial charge in [0, 0.05) is 17.7 Å². The molecule has 0 aromatic heterocycles. The van der Waals surface area contributed by atoms with Crippen LogP contribution in [-0.2, 0) is 26.2 Å². The molecular weight excluding hydrogens is 430 g/mol. The first kappa shape index (κ1) is 23.9. The number of nitrogens with zero attached hydrogens (tertiary/aromatic N) is 1. The number of rotatable bonds is 7. The molecule has 0 saturated carbocycles. The highest BCUT2D eigenvalue weighted by Crippen LogP contribution is 2.31. The molecule has 0 N–H and O–H groups in total. The molecule has 1 aliphatic heterocycles. The standard InChI is InChI=1S/C24H29NO6S/c1-15-11-16(2)23(17(3)12-15)32(28,29)25-10-6-7-21(25)24(27)31-14-20-13-19(18(4)26)8-9-22(20)30-5/h8-9,11-13,21H,6-7,10,14H2,1-5H3/t21-/m0/s1. The molecule has 7 nitrogen and oxygen atoms in total. The molecular formula is C24H29NO6S. The predicted octanol–water partition coefficient (Wildman–Crippen LogP) is 3.72. The van der Waals surface area contributed by atoms with E-state index >= 15 is 0 Å². The SMILES string of the molecule is COc1ccc(C(C)=O)cc1COC(=O)[C@@H]1CCCN1S(=O)(=O)c1c(C)cc(C)cc1C. The minimum Gasteiger partial charge on any atom is -0.496 e. The van der Waals surface area contributed by atoms with Gasteiger partial charge < -0.3 is 9.47 Å². The van der Waals surface area contributed by atoms with Gasteiger partial charge in [-0.25, -0.2) is 8.42 Å². The number of esters is 1. The fourth-order valence-electron chi connectivity index (χ4n) is 4.31. The summed E-state index contributed by atoms with van der Waals surface area (Å²) in [5, 5.41) is 0. The minimum absolute atomic E-state index is 0.114. The van der Waals surface area contributed by atoms with Crippen LogP contribution in [0.2, 0.25) is 0 Å². The lowest BCUT2D eigenvalue weighted by Crippen LogP contribution is -2.41. The van der Waals surface area contributed by atoms with E-state index in [0.29, 0.717) is 40.8 Å². The molecule has 0 aliphatic carbocycles. The summed E-state index contributed by atoms with van der Waals surface area (Å²) in [6.07, 6.45) is 0.971. The predicted molar refractivity (Wildman–Crippen MR) is 120 cm³/mol. The van der Waals surface area contributed by atoms with E-state index in [1.807, 2.05) is 19.1 Å². The van der Waals surface area contributed by atoms with E-state index in [9.17, 15) is 18.0 Å². The van der Waals surface area contributed by atoms with E-state index < -0.39 is 22.0 Å². The normalized spacial score (nSPS) is 16.7. The minimum atomic E-state index is -3.86. The first-order valence-electron chi connectivity index (χ1n) is 10.5. The molecule has 2 aromatic carbocycles. The zero-order chi connectivity index (χ0) is 23.6. The number of carbonyl (C=O) groups is 2. The van der Waals surface area contributed by atoms with Gasteiger partial charge in [-0.3, -0.25) is 9.59 Å². The quantitative estimate of drug-likeness (QED) is 0.463. The summed E-state index contributed by atoms with van der Waals surface area (Å²) < 4.78 is 39.0. The van der Waals surface area contributed by atoms with E-state index in [0.717, 1.165) is 5.56 Å². The molecule has 0 radical (unpaired) electrons. The van der Waals surface area contributed by atoms with E-state index in [-0.39, 0.29) is 23.8 Å². The summed E-state index contributed by atoms with van der Waals surface area (Å²) in [5.74, 6) is -0.231. The Morgan fingerprint density at radius 3 is 2.34 bits per heavy atom. The van der Waals surface area contributed by atoms with Crippen molar-refractivity contribution in [3.63, 3.8) is 0 Å². The molecule has 32 heavy (non-hydrogen) atoms. The molecule has 3 rings (SSSR count). The second-order valence-corrected chi connectivity index (χ2v) is 10.0. The van der Waals surface area contributed by atoms with Crippen molar-refractivity contribution in [2.24, 2.45) is 0 Å². The van der Waals surface area contributed by atoms with Crippen LogP contribution in [0.15, 0.2) is 35.2 Å². The van der Waals surface area contributed by atoms with Crippen LogP contribution in [-0.4, -0.2) is 44.2 Å². The summed E-state index contributed by atoms with van der Waals surface area (Å²) >= 11 is 0. The summed E-state index contributed by atoms with van der Waals surface area (Å²) in [6, 6.07) is 7.69. The highest BCUT2D eigenvalue weighted by Gasteiger charge is 2.41. The van der Waals surface area contributed by atoms with Crippen LogP contribution in [0, 0.1) is 20.8 Å². The Morgan fingerprint density at radius 1 is 1.09 bits per heavy atom. The Balaban J connectivity index is 1.83. The summed E-state index contributed by atoms with van der Waals surface area (Å²) in [6.45, 7) is 7.05. The Kier molecular flexibility index (Phi) is 7.05. The van der Waals surface area contributed by atoms with Crippen LogP contribution < -0.4 is 4.74 Å². The van der Waals surface area contributed by atoms with Crippen LogP contribution >= 0.6 is 0 Å². The van der Waals surface area contributed by atoms with Crippen LogP contribution in [0.4, 0.5) is 0 Å². The number of methoxy groups -OCH3 is 1. The number of benzene rings is 2. The number of hydrogen-bond donors (Lipinski definition) is 0. The van der Waals surface area contributed by atoms with Gasteiger partial charge in [0.05, 0.1) is 12.0 Å². The van der Waals surface area contributed by atoms with E-state index in [2.05, 4.69) is 0 Å². The topological polar surface area (TPSA) is 90.0 Å². The average molecular weight is 460 g/mol. The molecule has 1 atom stereocenters. The lowest BCUT2D eigenvalue weighted by atomic mass is 10.1. The molecule has 0 unspecified atom stereocenters. The van der Waals surface area contributed by atoms with Crippen molar-refractivity contribution in [3.8, 4) is 5.75 Å². The van der Waals surface area contributed by atoms with Crippen LogP contribution in [0.3, 0.4) is 0 Å². The van der Waals surface area contributed by atoms with Crippen molar-refractivity contribution in [1.82, 2.24) is 4.31 Å². The summed E-state index contributed by atoms with van der Waals surface area (Å²) in [5.41, 5.74) is 3.33. The number of ether oxygens (including phenoxy) is 2. The van der Waals surface area contributed by atoms with Crippen molar-refractivity contribution < 1.29 is 27.5 Å². The largest absolute Gasteiger partial charge is 0.496 e. The fraction of sp³-hybridized carbons (Fsp3) is 0.417. The van der Waals surface area contributed by atoms with Gasteiger partial charge in [-0.1, -0.05) is 17.7 Å². The fourth-order valence-corrected chi connectivity index (χ4v) is 6.37. The molecule has 0 bridgehead atoms. The molecule has 0 spiro atoms. The van der Waals surface area contributed by atoms with Gasteiger partial charge >= 0.3 is 5.97 Å². The average Bonchev–Trinajstić information content (AvgIpc) is 3.21. The Bertz CT molecular complexity index is 1130. The third-order valence-corrected chi connectivity index (χ3v) is 7.92. The van der Waals surface area contributed by atoms with Crippen LogP contribution in [0.25, 0.3) is 0 Å². The molecule has 1 saturated heterocycles. The van der Waals surface area contributed by atoms with E-state index in [1.54, 1.807) is 32.0 Å². The first-order valence-corrected chi connectivity index (χ1v) is 11.9. The Hall–Kier alpha value is -2.71. The lowest BCUT2D eigenvalue weighted by Gasteiger charge is -2.25. The maximum Gasteiger partial charge on any atom is 0.324 e. The molecule has 0 amide bonds. The second-order valence-electron chi connectivity index (χ2n) is 8.19. The third-order valence-electron chi connectivity index (χ3n) is 5.70. The van der Waals surface area contributed by atoms with Gasteiger partial charge in [0.2, 0.25) is 10.0 Å². The van der Waals surface area contributed by atoms with E-state index in [1.165, 1.54) is 18.3 Å². The molecule has 2 aromatic rings. The van der Waals surface area contributed by atoms with Crippen LogP contribution in [0.5, 0.6) is 5.75 Å². The zero-order valence-electron chi connectivity index (χ0n) is 19.1. The van der Waals surface area contributed by atoms with Crippen molar-refractivity contribution in [3.05, 3.63) is 58.1 Å². The molecule has 8 heteroatoms.